The number of aromatic nitrogens is 3. The van der Waals surface area contributed by atoms with Crippen LogP contribution in [-0.4, -0.2) is 28.0 Å². The fourth-order valence-electron chi connectivity index (χ4n) is 3.55. The number of nitrogens with one attached hydrogen (secondary N) is 1. The van der Waals surface area contributed by atoms with Gasteiger partial charge in [-0.1, -0.05) is 13.3 Å². The first-order valence-corrected chi connectivity index (χ1v) is 9.26. The Morgan fingerprint density at radius 1 is 1.26 bits per heavy atom. The summed E-state index contributed by atoms with van der Waals surface area (Å²) in [5.41, 5.74) is 9.25. The largest absolute Gasteiger partial charge is 0.363 e. The molecule has 4 N–H and O–H groups in total. The maximum Gasteiger partial charge on any atom is 0.147 e. The second kappa shape index (κ2) is 6.02. The number of pyridine rings is 1. The van der Waals surface area contributed by atoms with Gasteiger partial charge in [0.2, 0.25) is 0 Å². The van der Waals surface area contributed by atoms with Gasteiger partial charge in [-0.2, -0.15) is 0 Å². The van der Waals surface area contributed by atoms with E-state index in [-0.39, 0.29) is 0 Å². The lowest BCUT2D eigenvalue weighted by Gasteiger charge is -2.08. The summed E-state index contributed by atoms with van der Waals surface area (Å²) in [7, 11) is 0. The number of anilines is 1. The van der Waals surface area contributed by atoms with Crippen LogP contribution in [0.3, 0.4) is 0 Å². The summed E-state index contributed by atoms with van der Waals surface area (Å²) in [5.74, 6) is 0.922. The minimum atomic E-state index is 0.826. The van der Waals surface area contributed by atoms with E-state index in [0.717, 1.165) is 53.2 Å². The number of aryl methyl sites for hydroxylation is 2. The van der Waals surface area contributed by atoms with E-state index < -0.39 is 0 Å². The summed E-state index contributed by atoms with van der Waals surface area (Å²) in [5, 5.41) is 4.65. The zero-order valence-electron chi connectivity index (χ0n) is 13.5. The van der Waals surface area contributed by atoms with E-state index in [9.17, 15) is 0 Å². The molecule has 0 amide bonds. The monoisotopic (exact) mass is 328 g/mol. The van der Waals surface area contributed by atoms with Crippen molar-refractivity contribution in [1.29, 1.82) is 0 Å². The topological polar surface area (TPSA) is 78.3 Å². The van der Waals surface area contributed by atoms with Gasteiger partial charge in [0.1, 0.15) is 17.0 Å². The highest BCUT2D eigenvalue weighted by molar-refractivity contribution is 7.26. The highest BCUT2D eigenvalue weighted by Gasteiger charge is 2.23. The quantitative estimate of drug-likeness (QED) is 0.753. The van der Waals surface area contributed by atoms with E-state index in [1.807, 2.05) is 0 Å². The minimum absolute atomic E-state index is 0.826. The van der Waals surface area contributed by atoms with Crippen molar-refractivity contribution in [2.75, 3.05) is 18.4 Å². The van der Waals surface area contributed by atoms with Crippen LogP contribution in [0.4, 0.5) is 5.82 Å². The minimum Gasteiger partial charge on any atom is -0.363 e. The number of fused-ring (bicyclic) bond motifs is 5. The third-order valence-electron chi connectivity index (χ3n) is 4.51. The van der Waals surface area contributed by atoms with Crippen LogP contribution in [0.5, 0.6) is 0 Å². The fourth-order valence-corrected chi connectivity index (χ4v) is 4.70. The number of hydrogen-bond acceptors (Lipinski definition) is 5. The molecular weight excluding hydrogens is 306 g/mol. The Bertz CT molecular complexity index is 870. The first-order valence-electron chi connectivity index (χ1n) is 8.44. The number of rotatable bonds is 5. The molecule has 3 heterocycles. The van der Waals surface area contributed by atoms with Gasteiger partial charge in [-0.15, -0.1) is 11.3 Å². The van der Waals surface area contributed by atoms with Crippen molar-refractivity contribution >= 4 is 37.6 Å². The van der Waals surface area contributed by atoms with Gasteiger partial charge in [0.05, 0.1) is 23.3 Å². The summed E-state index contributed by atoms with van der Waals surface area (Å²) < 4.78 is 1.13. The van der Waals surface area contributed by atoms with Gasteiger partial charge in [-0.05, 0) is 36.8 Å². The lowest BCUT2D eigenvalue weighted by atomic mass is 10.0. The average Bonchev–Trinajstić information content (AvgIpc) is 3.17. The van der Waals surface area contributed by atoms with Gasteiger partial charge >= 0.3 is 0 Å². The predicted molar refractivity (Wildman–Crippen MR) is 95.0 cm³/mol. The molecule has 3 aromatic rings. The van der Waals surface area contributed by atoms with Crippen molar-refractivity contribution in [3.05, 3.63) is 23.1 Å². The Morgan fingerprint density at radius 2 is 2.13 bits per heavy atom. The standard InChI is InChI=1S/C17H21N5S/c1-2-4-12-10-5-3-6-11(10)13-14-15(23-17(13)22-12)16(19-8-7-18)21-9-20-14/h9H,2-8,18H2,1H3,(H,19,20,21)/p+1. The van der Waals surface area contributed by atoms with Gasteiger partial charge in [0, 0.05) is 11.1 Å². The zero-order chi connectivity index (χ0) is 15.8. The second-order valence-corrected chi connectivity index (χ2v) is 7.08. The van der Waals surface area contributed by atoms with Crippen molar-refractivity contribution in [1.82, 2.24) is 15.0 Å². The Kier molecular flexibility index (Phi) is 3.87. The van der Waals surface area contributed by atoms with Crippen LogP contribution in [0.15, 0.2) is 6.33 Å². The van der Waals surface area contributed by atoms with Crippen LogP contribution < -0.4 is 11.1 Å². The normalized spacial score (nSPS) is 13.8. The van der Waals surface area contributed by atoms with Crippen LogP contribution in [0, 0.1) is 0 Å². The summed E-state index contributed by atoms with van der Waals surface area (Å²) in [4.78, 5) is 15.2. The molecule has 0 spiro atoms. The first kappa shape index (κ1) is 14.8. The van der Waals surface area contributed by atoms with E-state index >= 15 is 0 Å². The molecule has 0 saturated heterocycles. The molecule has 23 heavy (non-hydrogen) atoms. The molecule has 0 saturated carbocycles. The van der Waals surface area contributed by atoms with Gasteiger partial charge < -0.3 is 11.1 Å². The maximum absolute atomic E-state index is 5.01. The third-order valence-corrected chi connectivity index (χ3v) is 5.59. The van der Waals surface area contributed by atoms with Crippen LogP contribution in [0.2, 0.25) is 0 Å². The third kappa shape index (κ3) is 2.37. The molecule has 6 heteroatoms. The van der Waals surface area contributed by atoms with Crippen molar-refractivity contribution in [3.8, 4) is 0 Å². The number of hydrogen-bond donors (Lipinski definition) is 2. The molecular formula is C17H22N5S+. The summed E-state index contributed by atoms with van der Waals surface area (Å²) in [6.07, 6.45) is 7.45. The summed E-state index contributed by atoms with van der Waals surface area (Å²) in [6, 6.07) is 0. The summed E-state index contributed by atoms with van der Waals surface area (Å²) >= 11 is 1.73. The molecule has 4 rings (SSSR count). The van der Waals surface area contributed by atoms with E-state index in [2.05, 4.69) is 27.9 Å². The first-order chi connectivity index (χ1) is 11.3. The van der Waals surface area contributed by atoms with E-state index in [1.165, 1.54) is 35.0 Å². The molecule has 0 bridgehead atoms. The highest BCUT2D eigenvalue weighted by atomic mass is 32.1. The van der Waals surface area contributed by atoms with Gasteiger partial charge in [0.25, 0.3) is 0 Å². The highest BCUT2D eigenvalue weighted by Crippen LogP contribution is 2.41. The predicted octanol–water partition coefficient (Wildman–Crippen LogP) is 2.33. The summed E-state index contributed by atoms with van der Waals surface area (Å²) in [6.45, 7) is 3.89. The van der Waals surface area contributed by atoms with Crippen molar-refractivity contribution < 1.29 is 5.73 Å². The lowest BCUT2D eigenvalue weighted by molar-refractivity contribution is -0.362. The lowest BCUT2D eigenvalue weighted by Crippen LogP contribution is -2.53. The molecule has 5 nitrogen and oxygen atoms in total. The zero-order valence-corrected chi connectivity index (χ0v) is 14.3. The van der Waals surface area contributed by atoms with Crippen LogP contribution >= 0.6 is 11.3 Å². The molecule has 3 aromatic heterocycles. The van der Waals surface area contributed by atoms with Gasteiger partial charge in [-0.25, -0.2) is 15.0 Å². The van der Waals surface area contributed by atoms with E-state index in [0.29, 0.717) is 0 Å². The Labute approximate surface area is 139 Å². The molecule has 120 valence electrons. The number of nitrogens with zero attached hydrogens (tertiary/aromatic N) is 3. The molecule has 0 aromatic carbocycles. The SMILES string of the molecule is CCCc1nc2sc3c(NCC[NH3+])ncnc3c2c2c1CCC2. The maximum atomic E-state index is 5.01. The molecule has 0 fully saturated rings. The molecule has 0 atom stereocenters. The van der Waals surface area contributed by atoms with Crippen molar-refractivity contribution in [2.45, 2.75) is 39.0 Å². The molecule has 1 aliphatic carbocycles. The van der Waals surface area contributed by atoms with Gasteiger partial charge in [0.15, 0.2) is 0 Å². The van der Waals surface area contributed by atoms with Crippen LogP contribution in [0.25, 0.3) is 20.4 Å². The van der Waals surface area contributed by atoms with Crippen molar-refractivity contribution in [2.24, 2.45) is 0 Å². The van der Waals surface area contributed by atoms with Crippen LogP contribution in [0.1, 0.15) is 36.6 Å². The van der Waals surface area contributed by atoms with E-state index in [4.69, 9.17) is 4.98 Å². The fraction of sp³-hybridized carbons (Fsp3) is 0.471. The molecule has 0 unspecified atom stereocenters. The second-order valence-electron chi connectivity index (χ2n) is 6.08. The molecule has 0 aliphatic heterocycles. The smallest absolute Gasteiger partial charge is 0.147 e. The van der Waals surface area contributed by atoms with Crippen molar-refractivity contribution in [3.63, 3.8) is 0 Å². The molecule has 0 radical (unpaired) electrons. The Morgan fingerprint density at radius 3 is 2.96 bits per heavy atom. The number of thiophene rings is 1. The van der Waals surface area contributed by atoms with Crippen LogP contribution in [-0.2, 0) is 19.3 Å². The molecule has 1 aliphatic rings. The Balaban J connectivity index is 1.98. The van der Waals surface area contributed by atoms with Gasteiger partial charge in [-0.3, -0.25) is 0 Å². The van der Waals surface area contributed by atoms with E-state index in [1.54, 1.807) is 17.7 Å². The number of quaternary nitrogens is 1. The Hall–Kier alpha value is -1.79. The average molecular weight is 328 g/mol.